The zero-order valence-corrected chi connectivity index (χ0v) is 19.8. The highest BCUT2D eigenvalue weighted by Crippen LogP contribution is 2.22. The van der Waals surface area contributed by atoms with Gasteiger partial charge in [-0.05, 0) is 64.1 Å². The summed E-state index contributed by atoms with van der Waals surface area (Å²) in [6.07, 6.45) is 3.03. The number of benzene rings is 2. The first kappa shape index (κ1) is 23.0. The van der Waals surface area contributed by atoms with Gasteiger partial charge in [-0.2, -0.15) is 5.10 Å². The van der Waals surface area contributed by atoms with Gasteiger partial charge in [0, 0.05) is 40.0 Å². The lowest BCUT2D eigenvalue weighted by molar-refractivity contribution is -0.136. The highest BCUT2D eigenvalue weighted by Gasteiger charge is 2.18. The van der Waals surface area contributed by atoms with Crippen molar-refractivity contribution in [1.82, 2.24) is 14.3 Å². The maximum Gasteiger partial charge on any atom is 0.331 e. The second kappa shape index (κ2) is 9.75. The molecule has 2 aromatic heterocycles. The summed E-state index contributed by atoms with van der Waals surface area (Å²) in [6.45, 7) is 7.37. The highest BCUT2D eigenvalue weighted by atomic mass is 16.5. The molecule has 0 atom stereocenters. The number of ether oxygens (including phenoxy) is 1. The Labute approximate surface area is 199 Å². The Morgan fingerprint density at radius 3 is 2.15 bits per heavy atom. The molecule has 0 aliphatic heterocycles. The molecule has 0 bridgehead atoms. The van der Waals surface area contributed by atoms with Gasteiger partial charge in [0.05, 0.1) is 11.4 Å². The van der Waals surface area contributed by atoms with Gasteiger partial charge in [0.25, 0.3) is 0 Å². The van der Waals surface area contributed by atoms with Gasteiger partial charge in [0.1, 0.15) is 0 Å². The number of hydrogen-bond donors (Lipinski definition) is 0. The van der Waals surface area contributed by atoms with Crippen molar-refractivity contribution in [3.8, 4) is 11.4 Å². The predicted octanol–water partition coefficient (Wildman–Crippen LogP) is 5.34. The minimum absolute atomic E-state index is 0.235. The molecule has 0 fully saturated rings. The van der Waals surface area contributed by atoms with Crippen LogP contribution in [0.25, 0.3) is 17.5 Å². The molecule has 6 nitrogen and oxygen atoms in total. The SMILES string of the molecule is Cc1nn(-c2ccccc2)c(C)c1/C=C/C(=O)OCC(=O)c1cc(C)n(-c2ccccc2)c1C. The fourth-order valence-corrected chi connectivity index (χ4v) is 4.15. The van der Waals surface area contributed by atoms with Crippen LogP contribution in [0.3, 0.4) is 0 Å². The quantitative estimate of drug-likeness (QED) is 0.215. The molecule has 6 heteroatoms. The lowest BCUT2D eigenvalue weighted by Gasteiger charge is -2.09. The Morgan fingerprint density at radius 2 is 1.50 bits per heavy atom. The van der Waals surface area contributed by atoms with E-state index in [2.05, 4.69) is 5.10 Å². The monoisotopic (exact) mass is 453 g/mol. The molecule has 4 aromatic rings. The second-order valence-corrected chi connectivity index (χ2v) is 8.15. The van der Waals surface area contributed by atoms with E-state index in [1.54, 1.807) is 6.08 Å². The number of nitrogens with zero attached hydrogens (tertiary/aromatic N) is 3. The molecule has 0 radical (unpaired) electrons. The van der Waals surface area contributed by atoms with E-state index in [-0.39, 0.29) is 12.4 Å². The van der Waals surface area contributed by atoms with Gasteiger partial charge in [0.15, 0.2) is 6.61 Å². The third kappa shape index (κ3) is 4.62. The summed E-state index contributed by atoms with van der Waals surface area (Å²) in [6, 6.07) is 21.5. The average Bonchev–Trinajstić information content (AvgIpc) is 3.31. The number of ketones is 1. The zero-order chi connectivity index (χ0) is 24.2. The summed E-state index contributed by atoms with van der Waals surface area (Å²) in [7, 11) is 0. The Balaban J connectivity index is 1.43. The molecule has 0 saturated carbocycles. The molecule has 0 unspecified atom stereocenters. The van der Waals surface area contributed by atoms with Crippen LogP contribution in [-0.2, 0) is 9.53 Å². The van der Waals surface area contributed by atoms with E-state index >= 15 is 0 Å². The lowest BCUT2D eigenvalue weighted by atomic mass is 10.1. The van der Waals surface area contributed by atoms with E-state index < -0.39 is 5.97 Å². The van der Waals surface area contributed by atoms with E-state index in [1.807, 2.05) is 104 Å². The highest BCUT2D eigenvalue weighted by molar-refractivity contribution is 6.00. The first-order valence-electron chi connectivity index (χ1n) is 11.1. The summed E-state index contributed by atoms with van der Waals surface area (Å²) in [4.78, 5) is 25.1. The van der Waals surface area contributed by atoms with Crippen molar-refractivity contribution in [2.45, 2.75) is 27.7 Å². The number of aromatic nitrogens is 3. The molecule has 0 amide bonds. The van der Waals surface area contributed by atoms with Crippen LogP contribution in [0, 0.1) is 27.7 Å². The van der Waals surface area contributed by atoms with E-state index in [9.17, 15) is 9.59 Å². The van der Waals surface area contributed by atoms with Gasteiger partial charge in [-0.15, -0.1) is 0 Å². The maximum absolute atomic E-state index is 12.8. The number of carbonyl (C=O) groups excluding carboxylic acids is 2. The number of rotatable bonds is 7. The molecule has 2 aromatic carbocycles. The van der Waals surface area contributed by atoms with Crippen molar-refractivity contribution in [2.75, 3.05) is 6.61 Å². The predicted molar refractivity (Wildman–Crippen MR) is 133 cm³/mol. The summed E-state index contributed by atoms with van der Waals surface area (Å²) in [5, 5.41) is 4.57. The largest absolute Gasteiger partial charge is 0.454 e. The minimum atomic E-state index is -0.573. The Bertz CT molecular complexity index is 1360. The summed E-state index contributed by atoms with van der Waals surface area (Å²) in [5.41, 5.74) is 6.81. The Hall–Kier alpha value is -4.19. The Kier molecular flexibility index (Phi) is 6.59. The molecule has 2 heterocycles. The minimum Gasteiger partial charge on any atom is -0.454 e. The van der Waals surface area contributed by atoms with Crippen LogP contribution in [0.1, 0.15) is 38.7 Å². The first-order chi connectivity index (χ1) is 16.4. The number of esters is 1. The molecule has 0 N–H and O–H groups in total. The van der Waals surface area contributed by atoms with Crippen molar-refractivity contribution in [2.24, 2.45) is 0 Å². The smallest absolute Gasteiger partial charge is 0.331 e. The molecule has 4 rings (SSSR count). The lowest BCUT2D eigenvalue weighted by Crippen LogP contribution is -2.13. The number of hydrogen-bond acceptors (Lipinski definition) is 4. The van der Waals surface area contributed by atoms with Crippen LogP contribution in [0.15, 0.2) is 72.8 Å². The first-order valence-corrected chi connectivity index (χ1v) is 11.1. The van der Waals surface area contributed by atoms with Crippen LogP contribution in [-0.4, -0.2) is 32.7 Å². The number of Topliss-reactive ketones (excluding diaryl/α,β-unsaturated/α-hetero) is 1. The third-order valence-electron chi connectivity index (χ3n) is 5.83. The zero-order valence-electron chi connectivity index (χ0n) is 19.8. The fourth-order valence-electron chi connectivity index (χ4n) is 4.15. The summed E-state index contributed by atoms with van der Waals surface area (Å²) >= 11 is 0. The van der Waals surface area contributed by atoms with Crippen LogP contribution in [0.2, 0.25) is 0 Å². The topological polar surface area (TPSA) is 66.1 Å². The normalized spacial score (nSPS) is 11.2. The maximum atomic E-state index is 12.8. The molecule has 0 spiro atoms. The van der Waals surface area contributed by atoms with Crippen molar-refractivity contribution in [3.63, 3.8) is 0 Å². The van der Waals surface area contributed by atoms with Crippen LogP contribution >= 0.6 is 0 Å². The average molecular weight is 454 g/mol. The Morgan fingerprint density at radius 1 is 0.882 bits per heavy atom. The van der Waals surface area contributed by atoms with Crippen LogP contribution in [0.5, 0.6) is 0 Å². The second-order valence-electron chi connectivity index (χ2n) is 8.15. The van der Waals surface area contributed by atoms with Crippen molar-refractivity contribution in [1.29, 1.82) is 0 Å². The fraction of sp³-hybridized carbons (Fsp3) is 0.179. The van der Waals surface area contributed by atoms with E-state index in [0.29, 0.717) is 5.56 Å². The van der Waals surface area contributed by atoms with Crippen molar-refractivity contribution >= 4 is 17.8 Å². The molecule has 0 saturated heterocycles. The molecule has 34 heavy (non-hydrogen) atoms. The third-order valence-corrected chi connectivity index (χ3v) is 5.83. The standard InChI is InChI=1S/C28H27N3O3/c1-19-17-26(21(3)30(19)23-11-7-5-8-12-23)27(32)18-34-28(33)16-15-25-20(2)29-31(22(25)4)24-13-9-6-10-14-24/h5-17H,18H2,1-4H3/b16-15+. The number of carbonyl (C=O) groups is 2. The molecular weight excluding hydrogens is 426 g/mol. The van der Waals surface area contributed by atoms with E-state index in [0.717, 1.165) is 39.7 Å². The van der Waals surface area contributed by atoms with Gasteiger partial charge < -0.3 is 9.30 Å². The molecule has 172 valence electrons. The van der Waals surface area contributed by atoms with Gasteiger partial charge >= 0.3 is 5.97 Å². The summed E-state index contributed by atoms with van der Waals surface area (Å²) < 4.78 is 9.11. The number of aryl methyl sites for hydroxylation is 2. The van der Waals surface area contributed by atoms with E-state index in [4.69, 9.17) is 4.74 Å². The summed E-state index contributed by atoms with van der Waals surface area (Å²) in [5.74, 6) is -0.808. The van der Waals surface area contributed by atoms with Crippen LogP contribution in [0.4, 0.5) is 0 Å². The van der Waals surface area contributed by atoms with Crippen LogP contribution < -0.4 is 0 Å². The van der Waals surface area contributed by atoms with Crippen molar-refractivity contribution < 1.29 is 14.3 Å². The molecule has 0 aliphatic rings. The molecular formula is C28H27N3O3. The van der Waals surface area contributed by atoms with Crippen molar-refractivity contribution in [3.05, 3.63) is 107 Å². The van der Waals surface area contributed by atoms with Gasteiger partial charge in [0.2, 0.25) is 5.78 Å². The van der Waals surface area contributed by atoms with Gasteiger partial charge in [-0.3, -0.25) is 4.79 Å². The van der Waals surface area contributed by atoms with E-state index in [1.165, 1.54) is 6.08 Å². The number of para-hydroxylation sites is 2. The molecule has 0 aliphatic carbocycles. The van der Waals surface area contributed by atoms with Gasteiger partial charge in [-0.1, -0.05) is 36.4 Å². The van der Waals surface area contributed by atoms with Gasteiger partial charge in [-0.25, -0.2) is 9.48 Å².